The third-order valence-electron chi connectivity index (χ3n) is 1.90. The molecular weight excluding hydrogens is 247 g/mol. The topological polar surface area (TPSA) is 94.5 Å². The predicted molar refractivity (Wildman–Crippen MR) is 49.7 cm³/mol. The van der Waals surface area contributed by atoms with Crippen molar-refractivity contribution < 1.29 is 74.3 Å². The second-order valence-corrected chi connectivity index (χ2v) is 4.64. The molecule has 0 fully saturated rings. The molecule has 1 atom stereocenters. The molecule has 15 heavy (non-hydrogen) atoms. The van der Waals surface area contributed by atoms with E-state index in [-0.39, 0.29) is 57.8 Å². The van der Waals surface area contributed by atoms with Crippen LogP contribution in [0.1, 0.15) is 32.6 Å². The molecule has 0 aromatic rings. The Kier molecular flexibility index (Phi) is 11.4. The minimum absolute atomic E-state index is 0. The summed E-state index contributed by atoms with van der Waals surface area (Å²) >= 11 is 0. The SMILES string of the molecule is CCCCCC(=O)C(CO)S(=O)(=O)[O-].[K+]. The molecule has 1 unspecified atom stereocenters. The van der Waals surface area contributed by atoms with Crippen molar-refractivity contribution in [3.63, 3.8) is 0 Å². The molecule has 0 aromatic carbocycles. The molecule has 0 saturated heterocycles. The number of ketones is 1. The van der Waals surface area contributed by atoms with Crippen molar-refractivity contribution in [1.29, 1.82) is 0 Å². The zero-order valence-electron chi connectivity index (χ0n) is 9.10. The van der Waals surface area contributed by atoms with Crippen molar-refractivity contribution in [2.45, 2.75) is 37.9 Å². The van der Waals surface area contributed by atoms with Crippen LogP contribution >= 0.6 is 0 Å². The second kappa shape index (κ2) is 9.23. The van der Waals surface area contributed by atoms with Crippen LogP contribution in [0.4, 0.5) is 0 Å². The van der Waals surface area contributed by atoms with Crippen LogP contribution in [0.25, 0.3) is 0 Å². The minimum atomic E-state index is -4.70. The Morgan fingerprint density at radius 1 is 1.40 bits per heavy atom. The van der Waals surface area contributed by atoms with Crippen molar-refractivity contribution in [3.05, 3.63) is 0 Å². The Labute approximate surface area is 133 Å². The smallest absolute Gasteiger partial charge is 0.747 e. The van der Waals surface area contributed by atoms with Gasteiger partial charge in [0.1, 0.15) is 15.4 Å². The van der Waals surface area contributed by atoms with Gasteiger partial charge in [0, 0.05) is 6.42 Å². The van der Waals surface area contributed by atoms with Gasteiger partial charge in [0.2, 0.25) is 0 Å². The molecule has 5 nitrogen and oxygen atoms in total. The van der Waals surface area contributed by atoms with E-state index < -0.39 is 27.8 Å². The van der Waals surface area contributed by atoms with E-state index in [4.69, 9.17) is 5.11 Å². The van der Waals surface area contributed by atoms with E-state index >= 15 is 0 Å². The standard InChI is InChI=1S/C8H16O5S.K/c1-2-3-4-5-7(10)8(6-9)14(11,12)13;/h8-9H,2-6H2,1H3,(H,11,12,13);/q;+1/p-1. The van der Waals surface area contributed by atoms with Crippen LogP contribution < -0.4 is 51.4 Å². The molecule has 0 heterocycles. The molecule has 0 aliphatic rings. The average molecular weight is 262 g/mol. The van der Waals surface area contributed by atoms with E-state index in [1.165, 1.54) is 0 Å². The maximum atomic E-state index is 11.2. The van der Waals surface area contributed by atoms with Crippen LogP contribution in [-0.4, -0.2) is 35.7 Å². The van der Waals surface area contributed by atoms with Gasteiger partial charge in [0.05, 0.1) is 6.61 Å². The number of hydrogen-bond donors (Lipinski definition) is 1. The molecule has 0 bridgehead atoms. The summed E-state index contributed by atoms with van der Waals surface area (Å²) in [6.07, 6.45) is 2.31. The maximum Gasteiger partial charge on any atom is 1.00 e. The molecule has 0 rings (SSSR count). The summed E-state index contributed by atoms with van der Waals surface area (Å²) in [5, 5.41) is 6.81. The quantitative estimate of drug-likeness (QED) is 0.301. The number of Topliss-reactive ketones (excluding diaryl/α,β-unsaturated/α-hetero) is 1. The Morgan fingerprint density at radius 3 is 2.27 bits per heavy atom. The molecule has 1 N–H and O–H groups in total. The van der Waals surface area contributed by atoms with Crippen LogP contribution in [0.15, 0.2) is 0 Å². The number of unbranched alkanes of at least 4 members (excludes halogenated alkanes) is 2. The van der Waals surface area contributed by atoms with Gasteiger partial charge in [-0.25, -0.2) is 8.42 Å². The second-order valence-electron chi connectivity index (χ2n) is 3.09. The fourth-order valence-electron chi connectivity index (χ4n) is 1.06. The molecule has 0 aliphatic heterocycles. The van der Waals surface area contributed by atoms with E-state index in [1.54, 1.807) is 0 Å². The molecule has 0 saturated carbocycles. The first-order valence-electron chi connectivity index (χ1n) is 4.51. The Hall–Kier alpha value is 1.18. The van der Waals surface area contributed by atoms with Gasteiger partial charge in [-0.1, -0.05) is 19.8 Å². The average Bonchev–Trinajstić information content (AvgIpc) is 2.03. The first-order valence-corrected chi connectivity index (χ1v) is 5.99. The van der Waals surface area contributed by atoms with E-state index in [0.717, 1.165) is 12.8 Å². The van der Waals surface area contributed by atoms with Gasteiger partial charge >= 0.3 is 51.4 Å². The summed E-state index contributed by atoms with van der Waals surface area (Å²) in [4.78, 5) is 11.2. The summed E-state index contributed by atoms with van der Waals surface area (Å²) < 4.78 is 31.5. The Morgan fingerprint density at radius 2 is 1.93 bits per heavy atom. The third-order valence-corrected chi connectivity index (χ3v) is 3.01. The van der Waals surface area contributed by atoms with Gasteiger partial charge in [0.25, 0.3) is 0 Å². The Bertz CT molecular complexity index is 275. The van der Waals surface area contributed by atoms with E-state index in [9.17, 15) is 17.8 Å². The molecule has 0 radical (unpaired) electrons. The molecule has 0 amide bonds. The zero-order valence-corrected chi connectivity index (χ0v) is 13.0. The Balaban J connectivity index is 0. The monoisotopic (exact) mass is 262 g/mol. The van der Waals surface area contributed by atoms with E-state index in [1.807, 2.05) is 6.92 Å². The van der Waals surface area contributed by atoms with Gasteiger partial charge < -0.3 is 9.66 Å². The number of carbonyl (C=O) groups is 1. The van der Waals surface area contributed by atoms with Crippen molar-refractivity contribution in [3.8, 4) is 0 Å². The van der Waals surface area contributed by atoms with Crippen LogP contribution in [0, 0.1) is 0 Å². The summed E-state index contributed by atoms with van der Waals surface area (Å²) in [7, 11) is -4.70. The molecule has 7 heteroatoms. The predicted octanol–water partition coefficient (Wildman–Crippen LogP) is -2.95. The summed E-state index contributed by atoms with van der Waals surface area (Å²) in [5.74, 6) is -0.684. The van der Waals surface area contributed by atoms with Gasteiger partial charge in [-0.15, -0.1) is 0 Å². The van der Waals surface area contributed by atoms with Crippen molar-refractivity contribution >= 4 is 15.9 Å². The van der Waals surface area contributed by atoms with Gasteiger partial charge in [-0.2, -0.15) is 0 Å². The van der Waals surface area contributed by atoms with E-state index in [0.29, 0.717) is 6.42 Å². The van der Waals surface area contributed by atoms with Crippen molar-refractivity contribution in [1.82, 2.24) is 0 Å². The van der Waals surface area contributed by atoms with Crippen LogP contribution in [0.3, 0.4) is 0 Å². The fraction of sp³-hybridized carbons (Fsp3) is 0.875. The van der Waals surface area contributed by atoms with Gasteiger partial charge in [0.15, 0.2) is 5.78 Å². The van der Waals surface area contributed by atoms with Crippen LogP contribution in [0.5, 0.6) is 0 Å². The number of aliphatic hydroxyl groups is 1. The number of aliphatic hydroxyl groups excluding tert-OH is 1. The summed E-state index contributed by atoms with van der Waals surface area (Å²) in [5.41, 5.74) is 0. The number of hydrogen-bond acceptors (Lipinski definition) is 5. The molecule has 0 aliphatic carbocycles. The van der Waals surface area contributed by atoms with E-state index in [2.05, 4.69) is 0 Å². The van der Waals surface area contributed by atoms with Crippen LogP contribution in [-0.2, 0) is 14.9 Å². The first kappa shape index (κ1) is 18.5. The fourth-order valence-corrected chi connectivity index (χ4v) is 1.69. The summed E-state index contributed by atoms with van der Waals surface area (Å²) in [6.45, 7) is 1.02. The normalized spacial score (nSPS) is 13.0. The minimum Gasteiger partial charge on any atom is -0.747 e. The largest absolute Gasteiger partial charge is 1.00 e. The molecule has 0 spiro atoms. The zero-order chi connectivity index (χ0) is 11.2. The van der Waals surface area contributed by atoms with Crippen LogP contribution in [0.2, 0.25) is 0 Å². The first-order chi connectivity index (χ1) is 6.43. The molecular formula is C8H15KO5S. The molecule has 0 aromatic heterocycles. The van der Waals surface area contributed by atoms with Gasteiger partial charge in [-0.05, 0) is 6.42 Å². The summed E-state index contributed by atoms with van der Waals surface area (Å²) in [6, 6.07) is 0. The number of rotatable bonds is 7. The maximum absolute atomic E-state index is 11.2. The van der Waals surface area contributed by atoms with Gasteiger partial charge in [-0.3, -0.25) is 4.79 Å². The van der Waals surface area contributed by atoms with Crippen molar-refractivity contribution in [2.24, 2.45) is 0 Å². The number of carbonyl (C=O) groups excluding carboxylic acids is 1. The third kappa shape index (κ3) is 7.98. The van der Waals surface area contributed by atoms with Crippen molar-refractivity contribution in [2.75, 3.05) is 6.61 Å². The molecule has 84 valence electrons.